The fraction of sp³-hybridized carbons (Fsp3) is 0.643. The minimum Gasteiger partial charge on any atom is -0.310 e. The van der Waals surface area contributed by atoms with Crippen LogP contribution in [-0.4, -0.2) is 16.3 Å². The van der Waals surface area contributed by atoms with Gasteiger partial charge >= 0.3 is 0 Å². The average molecular weight is 233 g/mol. The summed E-state index contributed by atoms with van der Waals surface area (Å²) in [7, 11) is 1.99. The Morgan fingerprint density at radius 2 is 2.29 bits per heavy atom. The summed E-state index contributed by atoms with van der Waals surface area (Å²) in [5.74, 6) is 6.09. The minimum atomic E-state index is 0.379. The van der Waals surface area contributed by atoms with E-state index < -0.39 is 0 Å². The van der Waals surface area contributed by atoms with E-state index in [0.717, 1.165) is 25.8 Å². The van der Waals surface area contributed by atoms with Crippen molar-refractivity contribution < 1.29 is 0 Å². The molecule has 0 radical (unpaired) electrons. The van der Waals surface area contributed by atoms with Crippen LogP contribution in [0.15, 0.2) is 6.20 Å². The standard InChI is InChI=1S/C14H23N3/c1-5-7-8-9-14(15-10-6-2)13-11-16-17(4)12(13)3/h11,14-15H,6,8-10H2,1-4H3. The lowest BCUT2D eigenvalue weighted by Crippen LogP contribution is -2.22. The molecule has 0 amide bonds. The Labute approximate surface area is 105 Å². The van der Waals surface area contributed by atoms with Gasteiger partial charge in [0.15, 0.2) is 0 Å². The van der Waals surface area contributed by atoms with Gasteiger partial charge in [0.2, 0.25) is 0 Å². The molecule has 1 aromatic rings. The summed E-state index contributed by atoms with van der Waals surface area (Å²) in [4.78, 5) is 0. The van der Waals surface area contributed by atoms with Crippen LogP contribution >= 0.6 is 0 Å². The molecule has 1 unspecified atom stereocenters. The quantitative estimate of drug-likeness (QED) is 0.765. The van der Waals surface area contributed by atoms with Crippen LogP contribution in [0.4, 0.5) is 0 Å². The molecule has 94 valence electrons. The molecule has 0 saturated heterocycles. The van der Waals surface area contributed by atoms with E-state index in [4.69, 9.17) is 0 Å². The van der Waals surface area contributed by atoms with E-state index in [1.807, 2.05) is 24.9 Å². The number of hydrogen-bond acceptors (Lipinski definition) is 2. The molecule has 0 fully saturated rings. The van der Waals surface area contributed by atoms with Crippen LogP contribution in [0.1, 0.15) is 50.4 Å². The van der Waals surface area contributed by atoms with Crippen LogP contribution in [0.5, 0.6) is 0 Å². The Bertz CT molecular complexity index is 395. The summed E-state index contributed by atoms with van der Waals surface area (Å²) >= 11 is 0. The highest BCUT2D eigenvalue weighted by Gasteiger charge is 2.15. The molecule has 1 atom stereocenters. The zero-order valence-corrected chi connectivity index (χ0v) is 11.4. The summed E-state index contributed by atoms with van der Waals surface area (Å²) in [5.41, 5.74) is 2.54. The second kappa shape index (κ2) is 7.13. The van der Waals surface area contributed by atoms with E-state index in [1.165, 1.54) is 11.3 Å². The van der Waals surface area contributed by atoms with Crippen molar-refractivity contribution in [3.05, 3.63) is 17.5 Å². The molecule has 3 heteroatoms. The number of aromatic nitrogens is 2. The van der Waals surface area contributed by atoms with Gasteiger partial charge in [-0.05, 0) is 33.2 Å². The maximum absolute atomic E-state index is 4.31. The first-order valence-electron chi connectivity index (χ1n) is 6.32. The van der Waals surface area contributed by atoms with E-state index in [-0.39, 0.29) is 0 Å². The van der Waals surface area contributed by atoms with Crippen molar-refractivity contribution in [2.75, 3.05) is 6.54 Å². The van der Waals surface area contributed by atoms with Crippen molar-refractivity contribution in [1.29, 1.82) is 0 Å². The average Bonchev–Trinajstić information content (AvgIpc) is 2.65. The molecule has 1 aromatic heterocycles. The third kappa shape index (κ3) is 3.90. The molecule has 1 rings (SSSR count). The number of rotatable bonds is 6. The van der Waals surface area contributed by atoms with Gasteiger partial charge in [0.25, 0.3) is 0 Å². The molecule has 0 aliphatic heterocycles. The highest BCUT2D eigenvalue weighted by molar-refractivity contribution is 5.20. The van der Waals surface area contributed by atoms with Crippen molar-refractivity contribution in [2.45, 2.75) is 46.1 Å². The van der Waals surface area contributed by atoms with Crippen molar-refractivity contribution in [3.63, 3.8) is 0 Å². The van der Waals surface area contributed by atoms with Gasteiger partial charge in [0, 0.05) is 30.8 Å². The molecular formula is C14H23N3. The van der Waals surface area contributed by atoms with Gasteiger partial charge in [0.05, 0.1) is 6.20 Å². The minimum absolute atomic E-state index is 0.379. The second-order valence-corrected chi connectivity index (χ2v) is 4.28. The normalized spacial score (nSPS) is 12.0. The Morgan fingerprint density at radius 1 is 1.53 bits per heavy atom. The summed E-state index contributed by atoms with van der Waals surface area (Å²) in [6.07, 6.45) is 5.11. The third-order valence-corrected chi connectivity index (χ3v) is 3.02. The maximum atomic E-state index is 4.31. The monoisotopic (exact) mass is 233 g/mol. The first-order valence-corrected chi connectivity index (χ1v) is 6.32. The smallest absolute Gasteiger partial charge is 0.0540 e. The Hall–Kier alpha value is -1.27. The van der Waals surface area contributed by atoms with Crippen LogP contribution in [0.3, 0.4) is 0 Å². The van der Waals surface area contributed by atoms with E-state index >= 15 is 0 Å². The van der Waals surface area contributed by atoms with Gasteiger partial charge in [0.1, 0.15) is 0 Å². The first kappa shape index (κ1) is 13.8. The predicted molar refractivity (Wildman–Crippen MR) is 71.7 cm³/mol. The van der Waals surface area contributed by atoms with Crippen molar-refractivity contribution in [1.82, 2.24) is 15.1 Å². The predicted octanol–water partition coefficient (Wildman–Crippen LogP) is 2.57. The molecule has 0 spiro atoms. The molecule has 0 aromatic carbocycles. The molecule has 0 aliphatic carbocycles. The molecule has 3 nitrogen and oxygen atoms in total. The van der Waals surface area contributed by atoms with Crippen molar-refractivity contribution >= 4 is 0 Å². The first-order chi connectivity index (χ1) is 8.20. The summed E-state index contributed by atoms with van der Waals surface area (Å²) in [6.45, 7) is 7.24. The fourth-order valence-corrected chi connectivity index (χ4v) is 1.89. The highest BCUT2D eigenvalue weighted by atomic mass is 15.3. The van der Waals surface area contributed by atoms with E-state index in [2.05, 4.69) is 36.1 Å². The maximum Gasteiger partial charge on any atom is 0.0540 e. The van der Waals surface area contributed by atoms with Gasteiger partial charge in [-0.1, -0.05) is 6.92 Å². The van der Waals surface area contributed by atoms with Crippen LogP contribution in [0.2, 0.25) is 0 Å². The van der Waals surface area contributed by atoms with E-state index in [0.29, 0.717) is 6.04 Å². The Morgan fingerprint density at radius 3 is 2.82 bits per heavy atom. The molecule has 1 heterocycles. The summed E-state index contributed by atoms with van der Waals surface area (Å²) in [5, 5.41) is 7.89. The third-order valence-electron chi connectivity index (χ3n) is 3.02. The number of aryl methyl sites for hydroxylation is 1. The van der Waals surface area contributed by atoms with Crippen LogP contribution < -0.4 is 5.32 Å². The van der Waals surface area contributed by atoms with Gasteiger partial charge in [-0.2, -0.15) is 5.10 Å². The van der Waals surface area contributed by atoms with Crippen molar-refractivity contribution in [2.24, 2.45) is 7.05 Å². The van der Waals surface area contributed by atoms with E-state index in [1.54, 1.807) is 0 Å². The van der Waals surface area contributed by atoms with Gasteiger partial charge < -0.3 is 5.32 Å². The largest absolute Gasteiger partial charge is 0.310 e. The lowest BCUT2D eigenvalue weighted by molar-refractivity contribution is 0.502. The van der Waals surface area contributed by atoms with Crippen LogP contribution in [-0.2, 0) is 7.05 Å². The van der Waals surface area contributed by atoms with Crippen LogP contribution in [0.25, 0.3) is 0 Å². The van der Waals surface area contributed by atoms with Crippen LogP contribution in [0, 0.1) is 18.8 Å². The SMILES string of the molecule is CC#CCCC(NCCC)c1cnn(C)c1C. The molecule has 0 aliphatic rings. The van der Waals surface area contributed by atoms with Gasteiger partial charge in [-0.3, -0.25) is 4.68 Å². The van der Waals surface area contributed by atoms with E-state index in [9.17, 15) is 0 Å². The number of nitrogens with zero attached hydrogens (tertiary/aromatic N) is 2. The second-order valence-electron chi connectivity index (χ2n) is 4.28. The zero-order chi connectivity index (χ0) is 12.7. The number of nitrogens with one attached hydrogen (secondary N) is 1. The lowest BCUT2D eigenvalue weighted by atomic mass is 10.0. The molecule has 1 N–H and O–H groups in total. The fourth-order valence-electron chi connectivity index (χ4n) is 1.89. The van der Waals surface area contributed by atoms with Gasteiger partial charge in [-0.15, -0.1) is 11.8 Å². The highest BCUT2D eigenvalue weighted by Crippen LogP contribution is 2.21. The summed E-state index contributed by atoms with van der Waals surface area (Å²) in [6, 6.07) is 0.379. The zero-order valence-electron chi connectivity index (χ0n) is 11.4. The van der Waals surface area contributed by atoms with Gasteiger partial charge in [-0.25, -0.2) is 0 Å². The Kier molecular flexibility index (Phi) is 5.79. The summed E-state index contributed by atoms with van der Waals surface area (Å²) < 4.78 is 1.93. The molecule has 0 saturated carbocycles. The topological polar surface area (TPSA) is 29.9 Å². The molecule has 17 heavy (non-hydrogen) atoms. The van der Waals surface area contributed by atoms with Crippen molar-refractivity contribution in [3.8, 4) is 11.8 Å². The number of hydrogen-bond donors (Lipinski definition) is 1. The Balaban J connectivity index is 2.73. The molecule has 0 bridgehead atoms. The lowest BCUT2D eigenvalue weighted by Gasteiger charge is -2.17. The molecular weight excluding hydrogens is 210 g/mol.